The minimum Gasteiger partial charge on any atom is -0.487 e. The van der Waals surface area contributed by atoms with Crippen molar-refractivity contribution in [3.05, 3.63) is 76.1 Å². The van der Waals surface area contributed by atoms with Crippen LogP contribution in [-0.2, 0) is 11.3 Å². The number of amides is 1. The molecule has 0 unspecified atom stereocenters. The Hall–Kier alpha value is -3.91. The zero-order chi connectivity index (χ0) is 26.9. The Kier molecular flexibility index (Phi) is 7.08. The van der Waals surface area contributed by atoms with Gasteiger partial charge in [0.1, 0.15) is 36.3 Å². The van der Waals surface area contributed by atoms with Gasteiger partial charge >= 0.3 is 6.09 Å². The molecule has 2 aromatic heterocycles. The van der Waals surface area contributed by atoms with E-state index in [2.05, 4.69) is 27.1 Å². The summed E-state index contributed by atoms with van der Waals surface area (Å²) in [5.74, 6) is 6.80. The predicted molar refractivity (Wildman–Crippen MR) is 143 cm³/mol. The number of thiophene rings is 1. The van der Waals surface area contributed by atoms with E-state index in [9.17, 15) is 14.3 Å². The zero-order valence-corrected chi connectivity index (χ0v) is 21.9. The fourth-order valence-corrected chi connectivity index (χ4v) is 5.20. The Morgan fingerprint density at radius 1 is 1.32 bits per heavy atom. The Morgan fingerprint density at radius 2 is 2.16 bits per heavy atom. The van der Waals surface area contributed by atoms with Crippen LogP contribution in [0.15, 0.2) is 54.9 Å². The lowest BCUT2D eigenvalue weighted by molar-refractivity contribution is -0.0407. The highest BCUT2D eigenvalue weighted by atomic mass is 35.5. The van der Waals surface area contributed by atoms with E-state index in [1.165, 1.54) is 34.7 Å². The molecule has 8 nitrogen and oxygen atoms in total. The molecule has 3 heterocycles. The van der Waals surface area contributed by atoms with Gasteiger partial charge in [0, 0.05) is 5.69 Å². The Morgan fingerprint density at radius 3 is 2.92 bits per heavy atom. The topological polar surface area (TPSA) is 96.8 Å². The molecule has 1 saturated heterocycles. The van der Waals surface area contributed by atoms with Gasteiger partial charge in [0.15, 0.2) is 5.82 Å². The van der Waals surface area contributed by atoms with Crippen molar-refractivity contribution in [3.8, 4) is 17.6 Å². The van der Waals surface area contributed by atoms with Gasteiger partial charge in [0.2, 0.25) is 0 Å². The van der Waals surface area contributed by atoms with Crippen molar-refractivity contribution in [1.82, 2.24) is 14.9 Å². The van der Waals surface area contributed by atoms with Crippen LogP contribution in [0, 0.1) is 17.7 Å². The van der Waals surface area contributed by atoms with E-state index < -0.39 is 17.9 Å². The van der Waals surface area contributed by atoms with Crippen LogP contribution in [0.5, 0.6) is 5.75 Å². The van der Waals surface area contributed by atoms with Crippen LogP contribution in [0.1, 0.15) is 24.3 Å². The summed E-state index contributed by atoms with van der Waals surface area (Å²) < 4.78 is 25.5. The molecule has 1 amide bonds. The zero-order valence-electron chi connectivity index (χ0n) is 20.4. The number of rotatable bonds is 5. The lowest BCUT2D eigenvalue weighted by Gasteiger charge is -2.28. The molecule has 1 aliphatic heterocycles. The molecule has 1 aliphatic rings. The number of hydrogen-bond acceptors (Lipinski definition) is 7. The third-order valence-electron chi connectivity index (χ3n) is 5.84. The lowest BCUT2D eigenvalue weighted by Crippen LogP contribution is -2.46. The van der Waals surface area contributed by atoms with Crippen molar-refractivity contribution in [2.75, 3.05) is 11.9 Å². The maximum absolute atomic E-state index is 13.4. The van der Waals surface area contributed by atoms with Gasteiger partial charge < -0.3 is 19.9 Å². The summed E-state index contributed by atoms with van der Waals surface area (Å²) in [5, 5.41) is 13.2. The SMILES string of the molecule is CC1(C)OC[C@@H](C#Cc2cc3ncnc(Nc4ccc(OCc5cccc(F)c5)c(Cl)c4)c3s2)N1C(=O)O. The van der Waals surface area contributed by atoms with E-state index in [1.807, 2.05) is 6.07 Å². The maximum Gasteiger partial charge on any atom is 0.410 e. The van der Waals surface area contributed by atoms with E-state index in [1.54, 1.807) is 44.2 Å². The second-order valence-corrected chi connectivity index (χ2v) is 10.4. The van der Waals surface area contributed by atoms with Crippen LogP contribution in [0.4, 0.5) is 20.7 Å². The predicted octanol–water partition coefficient (Wildman–Crippen LogP) is 6.27. The van der Waals surface area contributed by atoms with Crippen LogP contribution in [0.3, 0.4) is 0 Å². The van der Waals surface area contributed by atoms with Gasteiger partial charge in [-0.25, -0.2) is 19.2 Å². The van der Waals surface area contributed by atoms with Gasteiger partial charge in [-0.15, -0.1) is 11.3 Å². The first-order valence-corrected chi connectivity index (χ1v) is 12.8. The van der Waals surface area contributed by atoms with Gasteiger partial charge in [0.25, 0.3) is 0 Å². The fraction of sp³-hybridized carbons (Fsp3) is 0.222. The molecular weight excluding hydrogens is 531 g/mol. The highest BCUT2D eigenvalue weighted by Crippen LogP contribution is 2.34. The molecule has 11 heteroatoms. The van der Waals surface area contributed by atoms with Gasteiger partial charge in [-0.1, -0.05) is 35.6 Å². The van der Waals surface area contributed by atoms with Gasteiger partial charge in [-0.2, -0.15) is 0 Å². The molecule has 0 aliphatic carbocycles. The molecule has 0 radical (unpaired) electrons. The summed E-state index contributed by atoms with van der Waals surface area (Å²) in [4.78, 5) is 22.3. The second-order valence-electron chi connectivity index (χ2n) is 8.93. The normalized spacial score (nSPS) is 16.2. The number of benzene rings is 2. The fourth-order valence-electron chi connectivity index (χ4n) is 4.05. The molecule has 2 aromatic carbocycles. The Labute approximate surface area is 227 Å². The van der Waals surface area contributed by atoms with Gasteiger partial charge in [-0.05, 0) is 55.8 Å². The number of ether oxygens (including phenoxy) is 2. The maximum atomic E-state index is 13.4. The number of halogens is 2. The first kappa shape index (κ1) is 25.7. The van der Waals surface area contributed by atoms with Gasteiger partial charge in [-0.3, -0.25) is 4.90 Å². The van der Waals surface area contributed by atoms with Crippen molar-refractivity contribution < 1.29 is 23.8 Å². The first-order chi connectivity index (χ1) is 18.2. The monoisotopic (exact) mass is 552 g/mol. The minimum absolute atomic E-state index is 0.185. The van der Waals surface area contributed by atoms with E-state index in [0.717, 1.165) is 9.58 Å². The molecule has 194 valence electrons. The van der Waals surface area contributed by atoms with E-state index >= 15 is 0 Å². The Bertz CT molecular complexity index is 1580. The molecule has 4 aromatic rings. The van der Waals surface area contributed by atoms with E-state index in [0.29, 0.717) is 33.4 Å². The highest BCUT2D eigenvalue weighted by Gasteiger charge is 2.43. The number of hydrogen-bond donors (Lipinski definition) is 2. The van der Waals surface area contributed by atoms with Crippen LogP contribution >= 0.6 is 22.9 Å². The first-order valence-electron chi connectivity index (χ1n) is 11.6. The third-order valence-corrected chi connectivity index (χ3v) is 7.19. The average Bonchev–Trinajstić information content (AvgIpc) is 3.42. The third kappa shape index (κ3) is 5.50. The van der Waals surface area contributed by atoms with Gasteiger partial charge in [0.05, 0.1) is 26.7 Å². The van der Waals surface area contributed by atoms with Crippen molar-refractivity contribution in [2.24, 2.45) is 0 Å². The van der Waals surface area contributed by atoms with E-state index in [4.69, 9.17) is 21.1 Å². The van der Waals surface area contributed by atoms with E-state index in [-0.39, 0.29) is 19.0 Å². The smallest absolute Gasteiger partial charge is 0.410 e. The number of fused-ring (bicyclic) bond motifs is 1. The molecule has 5 rings (SSSR count). The number of nitrogens with zero attached hydrogens (tertiary/aromatic N) is 3. The summed E-state index contributed by atoms with van der Waals surface area (Å²) in [5.41, 5.74) is 1.16. The molecule has 38 heavy (non-hydrogen) atoms. The molecule has 1 atom stereocenters. The van der Waals surface area contributed by atoms with Crippen LogP contribution in [0.2, 0.25) is 5.02 Å². The summed E-state index contributed by atoms with van der Waals surface area (Å²) in [6, 6.07) is 12.7. The Balaban J connectivity index is 1.32. The van der Waals surface area contributed by atoms with Crippen molar-refractivity contribution in [3.63, 3.8) is 0 Å². The molecule has 0 bridgehead atoms. The number of carbonyl (C=O) groups is 1. The minimum atomic E-state index is -1.08. The number of anilines is 2. The lowest BCUT2D eigenvalue weighted by atomic mass is 10.2. The van der Waals surface area contributed by atoms with Crippen LogP contribution in [0.25, 0.3) is 10.2 Å². The molecule has 0 saturated carbocycles. The summed E-state index contributed by atoms with van der Waals surface area (Å²) >= 11 is 7.82. The largest absolute Gasteiger partial charge is 0.487 e. The quantitative estimate of drug-likeness (QED) is 0.281. The van der Waals surface area contributed by atoms with Crippen LogP contribution in [-0.4, -0.2) is 44.4 Å². The molecule has 1 fully saturated rings. The number of aromatic nitrogens is 2. The molecular formula is C27H22ClFN4O4S. The standard InChI is InChI=1S/C27H22ClFN4O4S/c1-27(2)33(26(34)35)19(14-37-27)7-8-20-12-22-24(38-20)25(31-15-30-22)32-18-6-9-23(21(28)11-18)36-13-16-4-3-5-17(29)10-16/h3-6,9-12,15,19H,13-14H2,1-2H3,(H,34,35)(H,30,31,32)/t19-/m1/s1. The number of carboxylic acid groups (broad SMARTS) is 1. The summed E-state index contributed by atoms with van der Waals surface area (Å²) in [6.45, 7) is 3.78. The summed E-state index contributed by atoms with van der Waals surface area (Å²) in [6.07, 6.45) is 0.371. The van der Waals surface area contributed by atoms with Crippen LogP contribution < -0.4 is 10.1 Å². The van der Waals surface area contributed by atoms with Crippen molar-refractivity contribution in [2.45, 2.75) is 32.2 Å². The summed E-state index contributed by atoms with van der Waals surface area (Å²) in [7, 11) is 0. The average molecular weight is 553 g/mol. The second kappa shape index (κ2) is 10.5. The highest BCUT2D eigenvalue weighted by molar-refractivity contribution is 7.20. The van der Waals surface area contributed by atoms with Crippen molar-refractivity contribution in [1.29, 1.82) is 0 Å². The van der Waals surface area contributed by atoms with Crippen molar-refractivity contribution >= 4 is 50.8 Å². The molecule has 2 N–H and O–H groups in total. The molecule has 0 spiro atoms. The number of nitrogens with one attached hydrogen (secondary N) is 1.